The standard InChI is InChI=1S/C11H15NO/c1-7(10(4)13)5-11-6-8(2)12-9(11)3/h5-6,12H,1-4H3/b7-5+. The predicted octanol–water partition coefficient (Wildman–Crippen LogP) is 2.62. The van der Waals surface area contributed by atoms with E-state index in [1.165, 1.54) is 0 Å². The van der Waals surface area contributed by atoms with Crippen LogP contribution in [0.5, 0.6) is 0 Å². The molecule has 1 N–H and O–H groups in total. The Hall–Kier alpha value is -1.31. The predicted molar refractivity (Wildman–Crippen MR) is 54.6 cm³/mol. The van der Waals surface area contributed by atoms with Crippen LogP contribution in [0.4, 0.5) is 0 Å². The lowest BCUT2D eigenvalue weighted by molar-refractivity contribution is -0.113. The number of rotatable bonds is 2. The molecular weight excluding hydrogens is 162 g/mol. The van der Waals surface area contributed by atoms with Crippen molar-refractivity contribution >= 4 is 11.9 Å². The zero-order valence-corrected chi connectivity index (χ0v) is 8.56. The van der Waals surface area contributed by atoms with Gasteiger partial charge in [0.1, 0.15) is 0 Å². The maximum atomic E-state index is 11.0. The highest BCUT2D eigenvalue weighted by Crippen LogP contribution is 2.13. The van der Waals surface area contributed by atoms with Crippen LogP contribution in [-0.2, 0) is 4.79 Å². The third-order valence-electron chi connectivity index (χ3n) is 2.12. The van der Waals surface area contributed by atoms with Crippen LogP contribution in [0.15, 0.2) is 11.6 Å². The molecule has 70 valence electrons. The van der Waals surface area contributed by atoms with Gasteiger partial charge in [0.15, 0.2) is 5.78 Å². The molecule has 2 heteroatoms. The number of nitrogens with one attached hydrogen (secondary N) is 1. The van der Waals surface area contributed by atoms with E-state index in [0.29, 0.717) is 0 Å². The third-order valence-corrected chi connectivity index (χ3v) is 2.12. The maximum absolute atomic E-state index is 11.0. The van der Waals surface area contributed by atoms with Gasteiger partial charge in [-0.2, -0.15) is 0 Å². The number of ketones is 1. The Kier molecular flexibility index (Phi) is 2.71. The summed E-state index contributed by atoms with van der Waals surface area (Å²) in [4.78, 5) is 14.2. The number of allylic oxidation sites excluding steroid dienone is 1. The molecule has 0 saturated carbocycles. The van der Waals surface area contributed by atoms with Crippen LogP contribution in [0.25, 0.3) is 6.08 Å². The average molecular weight is 177 g/mol. The van der Waals surface area contributed by atoms with Crippen LogP contribution in [0.1, 0.15) is 30.8 Å². The highest BCUT2D eigenvalue weighted by molar-refractivity contribution is 5.97. The van der Waals surface area contributed by atoms with Crippen molar-refractivity contribution in [3.63, 3.8) is 0 Å². The minimum atomic E-state index is 0.123. The van der Waals surface area contributed by atoms with E-state index in [4.69, 9.17) is 0 Å². The van der Waals surface area contributed by atoms with Crippen molar-refractivity contribution in [3.05, 3.63) is 28.6 Å². The number of aromatic amines is 1. The lowest BCUT2D eigenvalue weighted by Crippen LogP contribution is -1.90. The van der Waals surface area contributed by atoms with Crippen molar-refractivity contribution in [2.24, 2.45) is 0 Å². The molecule has 0 aromatic carbocycles. The van der Waals surface area contributed by atoms with Gasteiger partial charge in [0, 0.05) is 11.4 Å². The van der Waals surface area contributed by atoms with Crippen molar-refractivity contribution in [2.75, 3.05) is 0 Å². The Morgan fingerprint density at radius 1 is 1.38 bits per heavy atom. The van der Waals surface area contributed by atoms with Gasteiger partial charge in [0.2, 0.25) is 0 Å². The van der Waals surface area contributed by atoms with Gasteiger partial charge in [-0.15, -0.1) is 0 Å². The van der Waals surface area contributed by atoms with Crippen LogP contribution < -0.4 is 0 Å². The molecule has 1 aromatic rings. The van der Waals surface area contributed by atoms with Crippen LogP contribution in [0.3, 0.4) is 0 Å². The molecule has 1 heterocycles. The highest BCUT2D eigenvalue weighted by atomic mass is 16.1. The Morgan fingerprint density at radius 3 is 2.38 bits per heavy atom. The van der Waals surface area contributed by atoms with Gasteiger partial charge in [-0.05, 0) is 51.0 Å². The zero-order chi connectivity index (χ0) is 10.0. The largest absolute Gasteiger partial charge is 0.362 e. The first-order chi connectivity index (χ1) is 6.00. The molecule has 1 rings (SSSR count). The molecule has 0 aliphatic rings. The normalized spacial score (nSPS) is 11.8. The number of carbonyl (C=O) groups is 1. The fraction of sp³-hybridized carbons (Fsp3) is 0.364. The van der Waals surface area contributed by atoms with E-state index in [-0.39, 0.29) is 5.78 Å². The summed E-state index contributed by atoms with van der Waals surface area (Å²) in [5, 5.41) is 0. The quantitative estimate of drug-likeness (QED) is 0.692. The van der Waals surface area contributed by atoms with Crippen LogP contribution in [-0.4, -0.2) is 10.8 Å². The fourth-order valence-electron chi connectivity index (χ4n) is 1.23. The first-order valence-electron chi connectivity index (χ1n) is 4.36. The Morgan fingerprint density at radius 2 is 2.00 bits per heavy atom. The van der Waals surface area contributed by atoms with Gasteiger partial charge in [0.05, 0.1) is 0 Å². The second-order valence-corrected chi connectivity index (χ2v) is 3.42. The van der Waals surface area contributed by atoms with Gasteiger partial charge < -0.3 is 4.98 Å². The van der Waals surface area contributed by atoms with Crippen molar-refractivity contribution in [3.8, 4) is 0 Å². The number of hydrogen-bond acceptors (Lipinski definition) is 1. The van der Waals surface area contributed by atoms with Crippen molar-refractivity contribution < 1.29 is 4.79 Å². The topological polar surface area (TPSA) is 32.9 Å². The smallest absolute Gasteiger partial charge is 0.155 e. The zero-order valence-electron chi connectivity index (χ0n) is 8.56. The lowest BCUT2D eigenvalue weighted by Gasteiger charge is -1.94. The van der Waals surface area contributed by atoms with E-state index in [1.807, 2.05) is 32.9 Å². The molecule has 0 bridgehead atoms. The summed E-state index contributed by atoms with van der Waals surface area (Å²) >= 11 is 0. The van der Waals surface area contributed by atoms with E-state index in [9.17, 15) is 4.79 Å². The first kappa shape index (κ1) is 9.78. The minimum Gasteiger partial charge on any atom is -0.362 e. The highest BCUT2D eigenvalue weighted by Gasteiger charge is 2.01. The van der Waals surface area contributed by atoms with Crippen molar-refractivity contribution in [1.82, 2.24) is 4.98 Å². The van der Waals surface area contributed by atoms with Gasteiger partial charge in [0.25, 0.3) is 0 Å². The summed E-state index contributed by atoms with van der Waals surface area (Å²) < 4.78 is 0. The van der Waals surface area contributed by atoms with E-state index in [1.54, 1.807) is 6.92 Å². The summed E-state index contributed by atoms with van der Waals surface area (Å²) in [5.74, 6) is 0.123. The number of H-pyrrole nitrogens is 1. The van der Waals surface area contributed by atoms with Crippen LogP contribution in [0.2, 0.25) is 0 Å². The molecule has 0 aliphatic heterocycles. The van der Waals surface area contributed by atoms with Crippen molar-refractivity contribution in [1.29, 1.82) is 0 Å². The molecule has 0 unspecified atom stereocenters. The van der Waals surface area contributed by atoms with Crippen LogP contribution in [0, 0.1) is 13.8 Å². The minimum absolute atomic E-state index is 0.123. The van der Waals surface area contributed by atoms with Gasteiger partial charge >= 0.3 is 0 Å². The summed E-state index contributed by atoms with van der Waals surface area (Å²) in [5.41, 5.74) is 4.13. The molecule has 0 spiro atoms. The summed E-state index contributed by atoms with van der Waals surface area (Å²) in [6.45, 7) is 7.43. The van der Waals surface area contributed by atoms with E-state index < -0.39 is 0 Å². The van der Waals surface area contributed by atoms with Gasteiger partial charge in [-0.1, -0.05) is 0 Å². The number of Topliss-reactive ketones (excluding diaryl/α,β-unsaturated/α-hetero) is 1. The Bertz CT molecular complexity index is 358. The average Bonchev–Trinajstić information content (AvgIpc) is 2.30. The molecule has 0 amide bonds. The van der Waals surface area contributed by atoms with E-state index in [0.717, 1.165) is 22.5 Å². The summed E-state index contributed by atoms with van der Waals surface area (Å²) in [7, 11) is 0. The summed E-state index contributed by atoms with van der Waals surface area (Å²) in [6.07, 6.45) is 1.92. The summed E-state index contributed by atoms with van der Waals surface area (Å²) in [6, 6.07) is 2.04. The second kappa shape index (κ2) is 3.60. The molecule has 0 saturated heterocycles. The monoisotopic (exact) mass is 177 g/mol. The number of carbonyl (C=O) groups excluding carboxylic acids is 1. The van der Waals surface area contributed by atoms with E-state index in [2.05, 4.69) is 4.98 Å². The lowest BCUT2D eigenvalue weighted by atomic mass is 10.1. The van der Waals surface area contributed by atoms with Crippen molar-refractivity contribution in [2.45, 2.75) is 27.7 Å². The van der Waals surface area contributed by atoms with Gasteiger partial charge in [-0.3, -0.25) is 4.79 Å². The number of aryl methyl sites for hydroxylation is 2. The maximum Gasteiger partial charge on any atom is 0.155 e. The van der Waals surface area contributed by atoms with Crippen LogP contribution >= 0.6 is 0 Å². The molecule has 0 atom stereocenters. The molecule has 13 heavy (non-hydrogen) atoms. The molecular formula is C11H15NO. The number of hydrogen-bond donors (Lipinski definition) is 1. The van der Waals surface area contributed by atoms with E-state index >= 15 is 0 Å². The Balaban J connectivity index is 3.03. The molecule has 1 aromatic heterocycles. The molecule has 0 fully saturated rings. The molecule has 2 nitrogen and oxygen atoms in total. The first-order valence-corrected chi connectivity index (χ1v) is 4.36. The fourth-order valence-corrected chi connectivity index (χ4v) is 1.23. The number of aromatic nitrogens is 1. The molecule has 0 radical (unpaired) electrons. The van der Waals surface area contributed by atoms with Gasteiger partial charge in [-0.25, -0.2) is 0 Å². The Labute approximate surface area is 78.7 Å². The second-order valence-electron chi connectivity index (χ2n) is 3.42. The third kappa shape index (κ3) is 2.31. The molecule has 0 aliphatic carbocycles. The SMILES string of the molecule is CC(=O)/C(C)=C/c1cc(C)[nH]c1C.